The lowest BCUT2D eigenvalue weighted by Crippen LogP contribution is -2.19. The Labute approximate surface area is 172 Å². The zero-order valence-electron chi connectivity index (χ0n) is 16.4. The van der Waals surface area contributed by atoms with Gasteiger partial charge in [-0.1, -0.05) is 42.5 Å². The third kappa shape index (κ3) is 2.46. The van der Waals surface area contributed by atoms with Gasteiger partial charge in [0, 0.05) is 22.3 Å². The molecule has 148 valence electrons. The molecular weight excluding hydrogens is 380 g/mol. The molecule has 1 atom stereocenters. The second-order valence-corrected chi connectivity index (χ2v) is 7.61. The molecule has 0 saturated carbocycles. The molecule has 0 saturated heterocycles. The maximum Gasteiger partial charge on any atom is 0.335 e. The summed E-state index contributed by atoms with van der Waals surface area (Å²) in [5.41, 5.74) is 4.18. The Balaban J connectivity index is 1.76. The van der Waals surface area contributed by atoms with Crippen LogP contribution in [0.2, 0.25) is 0 Å². The van der Waals surface area contributed by atoms with Crippen LogP contribution >= 0.6 is 0 Å². The second kappa shape index (κ2) is 6.40. The number of rotatable bonds is 2. The van der Waals surface area contributed by atoms with Gasteiger partial charge in [-0.3, -0.25) is 4.79 Å². The number of ketones is 1. The van der Waals surface area contributed by atoms with E-state index in [1.807, 2.05) is 37.3 Å². The third-order valence-electron chi connectivity index (χ3n) is 5.87. The van der Waals surface area contributed by atoms with Crippen LogP contribution in [0.3, 0.4) is 0 Å². The maximum atomic E-state index is 13.1. The summed E-state index contributed by atoms with van der Waals surface area (Å²) in [6, 6.07) is 16.0. The zero-order chi connectivity index (χ0) is 21.2. The average molecular weight is 398 g/mol. The molecule has 5 heteroatoms. The smallest absolute Gasteiger partial charge is 0.335 e. The van der Waals surface area contributed by atoms with Crippen LogP contribution in [-0.4, -0.2) is 22.0 Å². The Kier molecular flexibility index (Phi) is 3.91. The number of furan rings is 1. The van der Waals surface area contributed by atoms with Crippen molar-refractivity contribution in [2.45, 2.75) is 20.0 Å². The lowest BCUT2D eigenvalue weighted by molar-refractivity contribution is 0.0696. The van der Waals surface area contributed by atoms with E-state index in [-0.39, 0.29) is 11.3 Å². The van der Waals surface area contributed by atoms with Gasteiger partial charge in [-0.05, 0) is 42.3 Å². The highest BCUT2D eigenvalue weighted by atomic mass is 16.4. The number of hydrogen-bond acceptors (Lipinski definition) is 4. The number of Topliss-reactive ketones (excluding diaryl/α,β-unsaturated/α-hetero) is 1. The minimum atomic E-state index is -1.27. The van der Waals surface area contributed by atoms with Crippen molar-refractivity contribution < 1.29 is 24.2 Å². The van der Waals surface area contributed by atoms with Crippen molar-refractivity contribution in [2.24, 2.45) is 0 Å². The van der Waals surface area contributed by atoms with Gasteiger partial charge in [0.25, 0.3) is 0 Å². The minimum absolute atomic E-state index is 0.173. The zero-order valence-corrected chi connectivity index (χ0v) is 16.4. The van der Waals surface area contributed by atoms with E-state index in [0.29, 0.717) is 39.3 Å². The van der Waals surface area contributed by atoms with Crippen molar-refractivity contribution in [1.82, 2.24) is 0 Å². The number of hydrogen-bond donors (Lipinski definition) is 2. The Morgan fingerprint density at radius 1 is 0.933 bits per heavy atom. The monoisotopic (exact) mass is 398 g/mol. The summed E-state index contributed by atoms with van der Waals surface area (Å²) < 4.78 is 6.17. The van der Waals surface area contributed by atoms with E-state index in [9.17, 15) is 14.7 Å². The number of fused-ring (bicyclic) bond motifs is 5. The van der Waals surface area contributed by atoms with E-state index < -0.39 is 12.1 Å². The van der Waals surface area contributed by atoms with Gasteiger partial charge in [0.15, 0.2) is 5.78 Å². The molecule has 1 aliphatic rings. The van der Waals surface area contributed by atoms with Crippen molar-refractivity contribution in [3.8, 4) is 22.6 Å². The fraction of sp³-hybridized carbons (Fsp3) is 0.120. The third-order valence-corrected chi connectivity index (χ3v) is 5.87. The molecule has 1 heterocycles. The Hall–Kier alpha value is -3.70. The van der Waals surface area contributed by atoms with Crippen LogP contribution < -0.4 is 0 Å². The fourth-order valence-electron chi connectivity index (χ4n) is 4.34. The van der Waals surface area contributed by atoms with Crippen molar-refractivity contribution in [2.75, 3.05) is 0 Å². The lowest BCUT2D eigenvalue weighted by atomic mass is 9.82. The Morgan fingerprint density at radius 3 is 2.37 bits per heavy atom. The molecule has 5 rings (SSSR count). The Morgan fingerprint density at radius 2 is 1.67 bits per heavy atom. The normalized spacial score (nSPS) is 15.2. The number of carboxylic acid groups (broad SMARTS) is 1. The van der Waals surface area contributed by atoms with Crippen LogP contribution in [0.15, 0.2) is 59.0 Å². The van der Waals surface area contributed by atoms with E-state index in [1.165, 1.54) is 12.1 Å². The molecule has 5 nitrogen and oxygen atoms in total. The van der Waals surface area contributed by atoms with E-state index in [0.717, 1.165) is 16.3 Å². The molecule has 0 fully saturated rings. The van der Waals surface area contributed by atoms with Gasteiger partial charge in [0.1, 0.15) is 17.6 Å². The molecule has 0 bridgehead atoms. The van der Waals surface area contributed by atoms with Crippen molar-refractivity contribution in [1.29, 1.82) is 0 Å². The highest BCUT2D eigenvalue weighted by Gasteiger charge is 2.37. The van der Waals surface area contributed by atoms with Crippen LogP contribution in [0.4, 0.5) is 0 Å². The molecule has 2 N–H and O–H groups in total. The van der Waals surface area contributed by atoms with E-state index in [4.69, 9.17) is 9.52 Å². The number of aryl methyl sites for hydroxylation is 1. The first-order chi connectivity index (χ1) is 14.4. The number of carboxylic acids is 1. The van der Waals surface area contributed by atoms with Gasteiger partial charge in [0.2, 0.25) is 0 Å². The summed E-state index contributed by atoms with van der Waals surface area (Å²) in [7, 11) is 0. The predicted octanol–water partition coefficient (Wildman–Crippen LogP) is 5.31. The van der Waals surface area contributed by atoms with Gasteiger partial charge in [-0.2, -0.15) is 0 Å². The molecule has 0 amide bonds. The standard InChI is InChI=1S/C25H18O5/c1-12-4-3-5-17-16(12)10-11-18-20(17)22(27)21(26)19-13(2)23(30-24(18)19)14-6-8-15(9-7-14)25(28)29/h3-11,22,27H,1-2H3,(H,28,29). The summed E-state index contributed by atoms with van der Waals surface area (Å²) in [5.74, 6) is -0.458. The van der Waals surface area contributed by atoms with Gasteiger partial charge >= 0.3 is 5.97 Å². The maximum absolute atomic E-state index is 13.1. The number of carbonyl (C=O) groups is 2. The SMILES string of the molecule is Cc1c(-c2ccc(C(=O)O)cc2)oc2c1C(=O)C(O)c1c-2ccc2c(C)cccc12. The number of carbonyl (C=O) groups excluding carboxylic acids is 1. The topological polar surface area (TPSA) is 87.7 Å². The quantitative estimate of drug-likeness (QED) is 0.478. The predicted molar refractivity (Wildman–Crippen MR) is 113 cm³/mol. The van der Waals surface area contributed by atoms with Crippen LogP contribution in [-0.2, 0) is 0 Å². The molecule has 1 unspecified atom stereocenters. The first-order valence-corrected chi connectivity index (χ1v) is 9.60. The average Bonchev–Trinajstić information content (AvgIpc) is 3.09. The number of aromatic carboxylic acids is 1. The molecule has 0 aliphatic heterocycles. The van der Waals surface area contributed by atoms with Gasteiger partial charge in [0.05, 0.1) is 11.1 Å². The van der Waals surface area contributed by atoms with E-state index in [1.54, 1.807) is 19.1 Å². The summed E-state index contributed by atoms with van der Waals surface area (Å²) >= 11 is 0. The largest absolute Gasteiger partial charge is 0.478 e. The molecule has 0 radical (unpaired) electrons. The minimum Gasteiger partial charge on any atom is -0.478 e. The number of aliphatic hydroxyl groups excluding tert-OH is 1. The molecule has 1 aliphatic carbocycles. The lowest BCUT2D eigenvalue weighted by Gasteiger charge is -2.22. The van der Waals surface area contributed by atoms with Gasteiger partial charge in [-0.15, -0.1) is 0 Å². The summed E-state index contributed by atoms with van der Waals surface area (Å²) in [4.78, 5) is 24.3. The van der Waals surface area contributed by atoms with Crippen molar-refractivity contribution in [3.05, 3.63) is 82.4 Å². The molecule has 1 aromatic heterocycles. The molecule has 4 aromatic rings. The van der Waals surface area contributed by atoms with Crippen molar-refractivity contribution >= 4 is 22.5 Å². The second-order valence-electron chi connectivity index (χ2n) is 7.61. The van der Waals surface area contributed by atoms with E-state index >= 15 is 0 Å². The first kappa shape index (κ1) is 18.3. The molecule has 3 aromatic carbocycles. The van der Waals surface area contributed by atoms with Crippen LogP contribution in [0.1, 0.15) is 43.5 Å². The molecular formula is C25H18O5. The molecule has 0 spiro atoms. The van der Waals surface area contributed by atoms with Crippen LogP contribution in [0.25, 0.3) is 33.4 Å². The fourth-order valence-corrected chi connectivity index (χ4v) is 4.34. The molecule has 30 heavy (non-hydrogen) atoms. The summed E-state index contributed by atoms with van der Waals surface area (Å²) in [6.07, 6.45) is -1.27. The first-order valence-electron chi connectivity index (χ1n) is 9.60. The highest BCUT2D eigenvalue weighted by molar-refractivity contribution is 6.13. The van der Waals surface area contributed by atoms with Crippen molar-refractivity contribution in [3.63, 3.8) is 0 Å². The Bertz CT molecular complexity index is 1360. The van der Waals surface area contributed by atoms with Gasteiger partial charge in [-0.25, -0.2) is 4.79 Å². The van der Waals surface area contributed by atoms with Crippen LogP contribution in [0.5, 0.6) is 0 Å². The highest BCUT2D eigenvalue weighted by Crippen LogP contribution is 2.47. The van der Waals surface area contributed by atoms with Crippen LogP contribution in [0, 0.1) is 13.8 Å². The number of benzene rings is 3. The van der Waals surface area contributed by atoms with E-state index in [2.05, 4.69) is 0 Å². The van der Waals surface area contributed by atoms with Gasteiger partial charge < -0.3 is 14.6 Å². The summed E-state index contributed by atoms with van der Waals surface area (Å²) in [6.45, 7) is 3.77. The number of aliphatic hydroxyl groups is 1. The summed E-state index contributed by atoms with van der Waals surface area (Å²) in [5, 5.41) is 21.8.